The van der Waals surface area contributed by atoms with E-state index in [0.717, 1.165) is 0 Å². The molecule has 4 nitrogen and oxygen atoms in total. The first-order valence-electron chi connectivity index (χ1n) is 5.47. The van der Waals surface area contributed by atoms with E-state index in [9.17, 15) is 13.2 Å². The van der Waals surface area contributed by atoms with Gasteiger partial charge in [-0.25, -0.2) is 0 Å². The van der Waals surface area contributed by atoms with Crippen molar-refractivity contribution in [1.29, 1.82) is 5.26 Å². The number of nitriles is 1. The van der Waals surface area contributed by atoms with Gasteiger partial charge in [0.25, 0.3) is 0 Å². The number of hydrogen-bond donors (Lipinski definition) is 1. The molecular formula is C10H16F3N3O. The number of nitrogens with zero attached hydrogens (tertiary/aromatic N) is 2. The largest absolute Gasteiger partial charge is 0.405 e. The minimum Gasteiger partial charge on any atom is -0.361 e. The fourth-order valence-corrected chi connectivity index (χ4v) is 1.94. The van der Waals surface area contributed by atoms with Gasteiger partial charge in [-0.15, -0.1) is 0 Å². The van der Waals surface area contributed by atoms with E-state index in [1.54, 1.807) is 6.92 Å². The van der Waals surface area contributed by atoms with Crippen molar-refractivity contribution in [2.75, 3.05) is 19.7 Å². The van der Waals surface area contributed by atoms with Crippen LogP contribution < -0.4 is 5.73 Å². The summed E-state index contributed by atoms with van der Waals surface area (Å²) in [5.41, 5.74) is 5.54. The van der Waals surface area contributed by atoms with Crippen LogP contribution in [0.3, 0.4) is 0 Å². The number of morpholine rings is 1. The molecule has 0 saturated carbocycles. The molecule has 17 heavy (non-hydrogen) atoms. The number of halogens is 3. The van der Waals surface area contributed by atoms with Crippen molar-refractivity contribution in [1.82, 2.24) is 4.90 Å². The summed E-state index contributed by atoms with van der Waals surface area (Å²) in [6, 6.07) is -0.856. The van der Waals surface area contributed by atoms with E-state index in [0.29, 0.717) is 0 Å². The van der Waals surface area contributed by atoms with Crippen LogP contribution in [0.4, 0.5) is 13.2 Å². The Bertz CT molecular complexity index is 290. The average molecular weight is 251 g/mol. The normalized spacial score (nSPS) is 26.2. The lowest BCUT2D eigenvalue weighted by molar-refractivity contribution is -0.200. The molecule has 0 aliphatic carbocycles. The van der Waals surface area contributed by atoms with Gasteiger partial charge < -0.3 is 10.5 Å². The fraction of sp³-hybridized carbons (Fsp3) is 0.900. The second-order valence-electron chi connectivity index (χ2n) is 4.04. The summed E-state index contributed by atoms with van der Waals surface area (Å²) in [6.07, 6.45) is -4.96. The molecule has 0 amide bonds. The summed E-state index contributed by atoms with van der Waals surface area (Å²) >= 11 is 0. The second kappa shape index (κ2) is 5.67. The Morgan fingerprint density at radius 3 is 2.71 bits per heavy atom. The Labute approximate surface area is 98.1 Å². The molecule has 0 aromatic carbocycles. The van der Waals surface area contributed by atoms with Crippen molar-refractivity contribution in [2.24, 2.45) is 5.73 Å². The highest BCUT2D eigenvalue weighted by molar-refractivity contribution is 4.95. The van der Waals surface area contributed by atoms with E-state index in [4.69, 9.17) is 15.7 Å². The molecule has 1 rings (SSSR count). The van der Waals surface area contributed by atoms with Gasteiger partial charge in [-0.1, -0.05) is 6.92 Å². The third kappa shape index (κ3) is 3.56. The van der Waals surface area contributed by atoms with Crippen LogP contribution in [0.2, 0.25) is 0 Å². The van der Waals surface area contributed by atoms with Gasteiger partial charge in [0.15, 0.2) is 6.10 Å². The number of nitrogens with two attached hydrogens (primary N) is 1. The monoisotopic (exact) mass is 251 g/mol. The molecular weight excluding hydrogens is 235 g/mol. The van der Waals surface area contributed by atoms with E-state index in [-0.39, 0.29) is 26.1 Å². The zero-order chi connectivity index (χ0) is 13.1. The fourth-order valence-electron chi connectivity index (χ4n) is 1.94. The van der Waals surface area contributed by atoms with Crippen LogP contribution in [0.25, 0.3) is 0 Å². The van der Waals surface area contributed by atoms with E-state index < -0.39 is 24.4 Å². The lowest BCUT2D eigenvalue weighted by Gasteiger charge is -2.39. The van der Waals surface area contributed by atoms with Crippen molar-refractivity contribution in [3.8, 4) is 6.07 Å². The van der Waals surface area contributed by atoms with E-state index in [2.05, 4.69) is 0 Å². The van der Waals surface area contributed by atoms with Gasteiger partial charge >= 0.3 is 6.18 Å². The molecule has 2 N–H and O–H groups in total. The molecule has 1 aliphatic heterocycles. The van der Waals surface area contributed by atoms with Gasteiger partial charge in [0.05, 0.1) is 12.7 Å². The minimum absolute atomic E-state index is 0.0472. The van der Waals surface area contributed by atoms with Crippen LogP contribution in [0, 0.1) is 11.3 Å². The molecule has 0 aromatic heterocycles. The molecule has 0 bridgehead atoms. The summed E-state index contributed by atoms with van der Waals surface area (Å²) < 4.78 is 43.8. The zero-order valence-electron chi connectivity index (χ0n) is 9.57. The number of alkyl halides is 3. The Hall–Kier alpha value is -0.840. The van der Waals surface area contributed by atoms with Crippen molar-refractivity contribution in [2.45, 2.75) is 37.7 Å². The summed E-state index contributed by atoms with van der Waals surface area (Å²) in [5.74, 6) is 0. The SMILES string of the molecule is CCC(N)C(N1CCOC(C#N)C1)C(F)(F)F. The van der Waals surface area contributed by atoms with Crippen LogP contribution in [0.5, 0.6) is 0 Å². The first-order valence-corrected chi connectivity index (χ1v) is 5.47. The maximum absolute atomic E-state index is 12.9. The molecule has 98 valence electrons. The lowest BCUT2D eigenvalue weighted by atomic mass is 10.0. The summed E-state index contributed by atoms with van der Waals surface area (Å²) in [5, 5.41) is 8.68. The number of rotatable bonds is 3. The van der Waals surface area contributed by atoms with Crippen molar-refractivity contribution < 1.29 is 17.9 Å². The second-order valence-corrected chi connectivity index (χ2v) is 4.04. The molecule has 3 atom stereocenters. The maximum atomic E-state index is 12.9. The van der Waals surface area contributed by atoms with Gasteiger partial charge in [-0.2, -0.15) is 18.4 Å². The molecule has 7 heteroatoms. The minimum atomic E-state index is -4.38. The van der Waals surface area contributed by atoms with E-state index in [1.165, 1.54) is 4.90 Å². The molecule has 1 saturated heterocycles. The number of hydrogen-bond acceptors (Lipinski definition) is 4. The Morgan fingerprint density at radius 2 is 2.24 bits per heavy atom. The highest BCUT2D eigenvalue weighted by atomic mass is 19.4. The Morgan fingerprint density at radius 1 is 1.59 bits per heavy atom. The van der Waals surface area contributed by atoms with Gasteiger partial charge in [0.1, 0.15) is 6.04 Å². The molecule has 1 fully saturated rings. The predicted molar refractivity (Wildman–Crippen MR) is 55.0 cm³/mol. The van der Waals surface area contributed by atoms with Crippen LogP contribution >= 0.6 is 0 Å². The smallest absolute Gasteiger partial charge is 0.361 e. The zero-order valence-corrected chi connectivity index (χ0v) is 9.57. The highest BCUT2D eigenvalue weighted by Gasteiger charge is 2.47. The maximum Gasteiger partial charge on any atom is 0.405 e. The van der Waals surface area contributed by atoms with Gasteiger partial charge in [0, 0.05) is 19.1 Å². The number of ether oxygens (including phenoxy) is 1. The Balaban J connectivity index is 2.80. The molecule has 0 spiro atoms. The van der Waals surface area contributed by atoms with Crippen LogP contribution in [-0.2, 0) is 4.74 Å². The van der Waals surface area contributed by atoms with Gasteiger partial charge in [0.2, 0.25) is 0 Å². The van der Waals surface area contributed by atoms with E-state index >= 15 is 0 Å². The molecule has 0 radical (unpaired) electrons. The van der Waals surface area contributed by atoms with Crippen molar-refractivity contribution in [3.05, 3.63) is 0 Å². The quantitative estimate of drug-likeness (QED) is 0.808. The summed E-state index contributed by atoms with van der Waals surface area (Å²) in [6.45, 7) is 1.84. The third-order valence-corrected chi connectivity index (χ3v) is 2.85. The highest BCUT2D eigenvalue weighted by Crippen LogP contribution is 2.28. The molecule has 1 heterocycles. The summed E-state index contributed by atoms with van der Waals surface area (Å²) in [7, 11) is 0. The molecule has 0 aromatic rings. The lowest BCUT2D eigenvalue weighted by Crippen LogP contribution is -2.60. The van der Waals surface area contributed by atoms with Gasteiger partial charge in [-0.3, -0.25) is 4.90 Å². The third-order valence-electron chi connectivity index (χ3n) is 2.85. The average Bonchev–Trinajstić information content (AvgIpc) is 2.27. The van der Waals surface area contributed by atoms with Crippen LogP contribution in [0.1, 0.15) is 13.3 Å². The van der Waals surface area contributed by atoms with Gasteiger partial charge in [-0.05, 0) is 6.42 Å². The standard InChI is InChI=1S/C10H16F3N3O/c1-2-8(15)9(10(11,12)13)16-3-4-17-7(5-14)6-16/h7-9H,2-4,6,15H2,1H3. The molecule has 1 aliphatic rings. The predicted octanol–water partition coefficient (Wildman–Crippen LogP) is 0.879. The topological polar surface area (TPSA) is 62.3 Å². The van der Waals surface area contributed by atoms with Crippen molar-refractivity contribution >= 4 is 0 Å². The summed E-state index contributed by atoms with van der Waals surface area (Å²) in [4.78, 5) is 1.20. The van der Waals surface area contributed by atoms with Crippen LogP contribution in [-0.4, -0.2) is 49.0 Å². The van der Waals surface area contributed by atoms with Crippen molar-refractivity contribution in [3.63, 3.8) is 0 Å². The molecule has 3 unspecified atom stereocenters. The Kier molecular flexibility index (Phi) is 4.74. The first-order chi connectivity index (χ1) is 7.90. The first kappa shape index (κ1) is 14.2. The van der Waals surface area contributed by atoms with Crippen LogP contribution in [0.15, 0.2) is 0 Å². The van der Waals surface area contributed by atoms with E-state index in [1.807, 2.05) is 6.07 Å².